The lowest BCUT2D eigenvalue weighted by Crippen LogP contribution is -2.16. The van der Waals surface area contributed by atoms with Gasteiger partial charge in [0.2, 0.25) is 0 Å². The Labute approximate surface area is 116 Å². The minimum absolute atomic E-state index is 0.158. The van der Waals surface area contributed by atoms with Crippen molar-refractivity contribution in [1.82, 2.24) is 0 Å². The third kappa shape index (κ3) is 4.16. The van der Waals surface area contributed by atoms with Crippen LogP contribution in [-0.2, 0) is 10.8 Å². The highest BCUT2D eigenvalue weighted by Gasteiger charge is 2.20. The predicted molar refractivity (Wildman–Crippen MR) is 85.5 cm³/mol. The van der Waals surface area contributed by atoms with Gasteiger partial charge in [-0.25, -0.2) is 0 Å². The monoisotopic (exact) mass is 263 g/mol. The first-order valence-corrected chi connectivity index (χ1v) is 7.65. The highest BCUT2D eigenvalue weighted by Crippen LogP contribution is 2.32. The van der Waals surface area contributed by atoms with Crippen molar-refractivity contribution < 1.29 is 0 Å². The lowest BCUT2D eigenvalue weighted by molar-refractivity contribution is 0.569. The van der Waals surface area contributed by atoms with E-state index in [0.717, 1.165) is 5.69 Å². The van der Waals surface area contributed by atoms with Crippen LogP contribution < -0.4 is 0 Å². The first-order valence-electron chi connectivity index (χ1n) is 6.36. The fraction of sp³-hybridized carbons (Fsp3) is 0.562. The Hall–Kier alpha value is -0.760. The molecule has 0 aromatic heterocycles. The van der Waals surface area contributed by atoms with Crippen molar-refractivity contribution in [3.05, 3.63) is 29.3 Å². The van der Waals surface area contributed by atoms with E-state index < -0.39 is 0 Å². The number of rotatable bonds is 2. The summed E-state index contributed by atoms with van der Waals surface area (Å²) in [5.74, 6) is 0. The summed E-state index contributed by atoms with van der Waals surface area (Å²) in [5.41, 5.74) is 5.97. The first kappa shape index (κ1) is 15.3. The molecule has 0 saturated heterocycles. The molecule has 0 aliphatic rings. The van der Waals surface area contributed by atoms with Crippen LogP contribution in [0.3, 0.4) is 0 Å². The van der Waals surface area contributed by atoms with Gasteiger partial charge in [-0.2, -0.15) is 0 Å². The van der Waals surface area contributed by atoms with Gasteiger partial charge in [-0.1, -0.05) is 47.6 Å². The Kier molecular flexibility index (Phi) is 4.66. The molecule has 100 valence electrons. The van der Waals surface area contributed by atoms with Crippen LogP contribution in [0.4, 0.5) is 5.69 Å². The van der Waals surface area contributed by atoms with Gasteiger partial charge in [0.25, 0.3) is 0 Å². The molecule has 0 bridgehead atoms. The van der Waals surface area contributed by atoms with Crippen LogP contribution in [-0.4, -0.2) is 11.8 Å². The summed E-state index contributed by atoms with van der Waals surface area (Å²) in [6.45, 7) is 13.5. The molecule has 0 spiro atoms. The normalized spacial score (nSPS) is 13.3. The van der Waals surface area contributed by atoms with Crippen LogP contribution in [0.15, 0.2) is 23.2 Å². The van der Waals surface area contributed by atoms with E-state index in [1.165, 1.54) is 11.1 Å². The number of aliphatic imine (C=N–C) groups is 1. The zero-order chi connectivity index (χ0) is 14.0. The average molecular weight is 263 g/mol. The van der Waals surface area contributed by atoms with E-state index in [1.807, 2.05) is 11.8 Å². The zero-order valence-electron chi connectivity index (χ0n) is 12.7. The molecule has 1 aromatic rings. The lowest BCUT2D eigenvalue weighted by Gasteiger charge is -2.25. The Bertz CT molecular complexity index is 401. The predicted octanol–water partition coefficient (Wildman–Crippen LogP) is 5.30. The summed E-state index contributed by atoms with van der Waals surface area (Å²) < 4.78 is 0. The largest absolute Gasteiger partial charge is 0.250 e. The fourth-order valence-corrected chi connectivity index (χ4v) is 1.89. The highest BCUT2D eigenvalue weighted by atomic mass is 32.2. The Morgan fingerprint density at radius 2 is 1.33 bits per heavy atom. The molecule has 0 aliphatic carbocycles. The van der Waals surface area contributed by atoms with Crippen molar-refractivity contribution in [2.75, 3.05) is 6.26 Å². The van der Waals surface area contributed by atoms with E-state index in [-0.39, 0.29) is 10.8 Å². The molecular formula is C16H25NS. The standard InChI is InChI=1S/C16H25NS/c1-15(2,3)12-8-13(16(4,5)6)10-14(9-12)17-11-18-7/h8-11H,1-7H3/b17-11+. The SMILES string of the molecule is CS/C=N/c1cc(C(C)(C)C)cc(C(C)(C)C)c1. The molecule has 0 amide bonds. The van der Waals surface area contributed by atoms with E-state index in [0.29, 0.717) is 0 Å². The van der Waals surface area contributed by atoms with Gasteiger partial charge in [-0.15, -0.1) is 11.8 Å². The summed E-state index contributed by atoms with van der Waals surface area (Å²) in [5, 5.41) is 0. The minimum atomic E-state index is 0.158. The highest BCUT2D eigenvalue weighted by molar-refractivity contribution is 8.11. The molecule has 0 N–H and O–H groups in total. The molecule has 0 saturated carbocycles. The lowest BCUT2D eigenvalue weighted by atomic mass is 9.80. The smallest absolute Gasteiger partial charge is 0.0641 e. The maximum atomic E-state index is 4.51. The molecule has 0 unspecified atom stereocenters. The van der Waals surface area contributed by atoms with Gasteiger partial charge in [0.1, 0.15) is 0 Å². The van der Waals surface area contributed by atoms with E-state index in [2.05, 4.69) is 64.7 Å². The average Bonchev–Trinajstić information content (AvgIpc) is 2.23. The van der Waals surface area contributed by atoms with Crippen molar-refractivity contribution in [3.63, 3.8) is 0 Å². The molecule has 1 rings (SSSR count). The maximum Gasteiger partial charge on any atom is 0.0641 e. The molecule has 18 heavy (non-hydrogen) atoms. The van der Waals surface area contributed by atoms with E-state index in [9.17, 15) is 0 Å². The number of nitrogens with zero attached hydrogens (tertiary/aromatic N) is 1. The first-order chi connectivity index (χ1) is 8.14. The summed E-state index contributed by atoms with van der Waals surface area (Å²) in [4.78, 5) is 4.51. The number of thioether (sulfide) groups is 1. The van der Waals surface area contributed by atoms with E-state index in [1.54, 1.807) is 11.8 Å². The molecule has 0 atom stereocenters. The second-order valence-corrected chi connectivity index (χ2v) is 7.42. The summed E-state index contributed by atoms with van der Waals surface area (Å²) >= 11 is 1.63. The number of hydrogen-bond donors (Lipinski definition) is 0. The third-order valence-corrected chi connectivity index (χ3v) is 3.27. The van der Waals surface area contributed by atoms with Crippen LogP contribution in [0.25, 0.3) is 0 Å². The fourth-order valence-electron chi connectivity index (χ4n) is 1.67. The Balaban J connectivity index is 3.34. The molecule has 1 nitrogen and oxygen atoms in total. The minimum Gasteiger partial charge on any atom is -0.250 e. The van der Waals surface area contributed by atoms with Crippen LogP contribution in [0.1, 0.15) is 52.7 Å². The second kappa shape index (κ2) is 5.48. The second-order valence-electron chi connectivity index (χ2n) is 6.74. The van der Waals surface area contributed by atoms with Crippen molar-refractivity contribution in [2.24, 2.45) is 4.99 Å². The van der Waals surface area contributed by atoms with Crippen LogP contribution in [0.2, 0.25) is 0 Å². The quantitative estimate of drug-likeness (QED) is 0.520. The van der Waals surface area contributed by atoms with Crippen LogP contribution in [0.5, 0.6) is 0 Å². The van der Waals surface area contributed by atoms with E-state index in [4.69, 9.17) is 0 Å². The summed E-state index contributed by atoms with van der Waals surface area (Å²) in [6.07, 6.45) is 2.03. The van der Waals surface area contributed by atoms with Gasteiger partial charge < -0.3 is 0 Å². The topological polar surface area (TPSA) is 12.4 Å². The van der Waals surface area contributed by atoms with Crippen molar-refractivity contribution in [1.29, 1.82) is 0 Å². The Morgan fingerprint density at radius 1 is 0.889 bits per heavy atom. The van der Waals surface area contributed by atoms with Gasteiger partial charge in [-0.05, 0) is 40.3 Å². The molecule has 0 aliphatic heterocycles. The Morgan fingerprint density at radius 3 is 1.67 bits per heavy atom. The van der Waals surface area contributed by atoms with Gasteiger partial charge in [0, 0.05) is 0 Å². The van der Waals surface area contributed by atoms with Crippen molar-refractivity contribution >= 4 is 23.0 Å². The molecule has 1 aromatic carbocycles. The molecule has 0 radical (unpaired) electrons. The number of hydrogen-bond acceptors (Lipinski definition) is 2. The van der Waals surface area contributed by atoms with E-state index >= 15 is 0 Å². The summed E-state index contributed by atoms with van der Waals surface area (Å²) in [6, 6.07) is 6.71. The zero-order valence-corrected chi connectivity index (χ0v) is 13.5. The van der Waals surface area contributed by atoms with Crippen LogP contribution in [0, 0.1) is 0 Å². The molecular weight excluding hydrogens is 238 g/mol. The van der Waals surface area contributed by atoms with Crippen LogP contribution >= 0.6 is 11.8 Å². The summed E-state index contributed by atoms with van der Waals surface area (Å²) in [7, 11) is 0. The molecule has 2 heteroatoms. The van der Waals surface area contributed by atoms with Crippen molar-refractivity contribution in [3.8, 4) is 0 Å². The molecule has 0 fully saturated rings. The number of benzene rings is 1. The van der Waals surface area contributed by atoms with Crippen molar-refractivity contribution in [2.45, 2.75) is 52.4 Å². The third-order valence-electron chi connectivity index (χ3n) is 2.96. The van der Waals surface area contributed by atoms with Gasteiger partial charge >= 0.3 is 0 Å². The van der Waals surface area contributed by atoms with Gasteiger partial charge in [0.15, 0.2) is 0 Å². The molecule has 0 heterocycles. The van der Waals surface area contributed by atoms with Gasteiger partial charge in [0.05, 0.1) is 11.2 Å². The maximum absolute atomic E-state index is 4.51. The van der Waals surface area contributed by atoms with Gasteiger partial charge in [-0.3, -0.25) is 4.99 Å².